The molecule has 1 aromatic heterocycles. The lowest BCUT2D eigenvalue weighted by molar-refractivity contribution is -0.120. The minimum absolute atomic E-state index is 0.0738. The average Bonchev–Trinajstić information content (AvgIpc) is 3.20. The van der Waals surface area contributed by atoms with E-state index in [0.29, 0.717) is 22.1 Å². The number of anilines is 2. The fourth-order valence-corrected chi connectivity index (χ4v) is 4.46. The molecule has 1 atom stereocenters. The van der Waals surface area contributed by atoms with Crippen LogP contribution in [-0.4, -0.2) is 27.0 Å². The topological polar surface area (TPSA) is 98.1 Å². The largest absolute Gasteiger partial charge is 0.441 e. The van der Waals surface area contributed by atoms with E-state index < -0.39 is 12.2 Å². The summed E-state index contributed by atoms with van der Waals surface area (Å²) in [6.45, 7) is 1.75. The van der Waals surface area contributed by atoms with Crippen LogP contribution in [0.4, 0.5) is 16.3 Å². The zero-order chi connectivity index (χ0) is 24.1. The minimum atomic E-state index is -0.643. The molecule has 178 valence electrons. The van der Waals surface area contributed by atoms with Crippen molar-refractivity contribution in [1.29, 1.82) is 0 Å². The van der Waals surface area contributed by atoms with Crippen LogP contribution in [0.15, 0.2) is 48.5 Å². The number of rotatable bonds is 6. The van der Waals surface area contributed by atoms with Gasteiger partial charge in [0, 0.05) is 34.8 Å². The van der Waals surface area contributed by atoms with E-state index in [9.17, 15) is 9.59 Å². The molecule has 2 amide bonds. The van der Waals surface area contributed by atoms with Crippen molar-refractivity contribution in [3.8, 4) is 11.3 Å². The highest BCUT2D eigenvalue weighted by molar-refractivity contribution is 6.31. The van der Waals surface area contributed by atoms with Gasteiger partial charge in [0.25, 0.3) is 0 Å². The summed E-state index contributed by atoms with van der Waals surface area (Å²) < 4.78 is 6.97. The third-order valence-electron chi connectivity index (χ3n) is 6.08. The van der Waals surface area contributed by atoms with Crippen LogP contribution in [-0.2, 0) is 16.6 Å². The van der Waals surface area contributed by atoms with Gasteiger partial charge < -0.3 is 10.1 Å². The van der Waals surface area contributed by atoms with Crippen molar-refractivity contribution in [2.24, 2.45) is 13.0 Å². The highest BCUT2D eigenvalue weighted by atomic mass is 35.5. The summed E-state index contributed by atoms with van der Waals surface area (Å²) in [6.07, 6.45) is 4.14. The van der Waals surface area contributed by atoms with Gasteiger partial charge in [-0.15, -0.1) is 5.10 Å². The number of halogens is 1. The number of hydrogen-bond donors (Lipinski definition) is 2. The van der Waals surface area contributed by atoms with Crippen LogP contribution in [0, 0.1) is 5.92 Å². The summed E-state index contributed by atoms with van der Waals surface area (Å²) in [7, 11) is 1.68. The number of amides is 2. The third kappa shape index (κ3) is 5.56. The molecule has 1 fully saturated rings. The predicted molar refractivity (Wildman–Crippen MR) is 132 cm³/mol. The van der Waals surface area contributed by atoms with E-state index in [1.165, 1.54) is 11.1 Å². The highest BCUT2D eigenvalue weighted by Crippen LogP contribution is 2.29. The maximum Gasteiger partial charge on any atom is 0.413 e. The van der Waals surface area contributed by atoms with E-state index >= 15 is 0 Å². The zero-order valence-corrected chi connectivity index (χ0v) is 20.0. The minimum Gasteiger partial charge on any atom is -0.441 e. The zero-order valence-electron chi connectivity index (χ0n) is 19.3. The maximum atomic E-state index is 12.6. The van der Waals surface area contributed by atoms with E-state index in [1.54, 1.807) is 20.0 Å². The van der Waals surface area contributed by atoms with Crippen molar-refractivity contribution in [3.05, 3.63) is 59.1 Å². The van der Waals surface area contributed by atoms with Gasteiger partial charge in [0.15, 0.2) is 5.82 Å². The number of nitrogens with zero attached hydrogens (tertiary/aromatic N) is 3. The molecule has 8 nitrogen and oxygen atoms in total. The van der Waals surface area contributed by atoms with E-state index in [-0.39, 0.29) is 11.8 Å². The van der Waals surface area contributed by atoms with Gasteiger partial charge in [-0.05, 0) is 38.0 Å². The van der Waals surface area contributed by atoms with E-state index in [2.05, 4.69) is 20.9 Å². The average molecular weight is 482 g/mol. The quantitative estimate of drug-likeness (QED) is 0.452. The van der Waals surface area contributed by atoms with Gasteiger partial charge in [0.05, 0.1) is 0 Å². The summed E-state index contributed by atoms with van der Waals surface area (Å²) in [6, 6.07) is 14.5. The second-order valence-corrected chi connectivity index (χ2v) is 8.91. The summed E-state index contributed by atoms with van der Waals surface area (Å²) in [5, 5.41) is 14.5. The number of hydrogen-bond acceptors (Lipinski definition) is 5. The molecule has 2 aromatic carbocycles. The van der Waals surface area contributed by atoms with Crippen LogP contribution in [0.2, 0.25) is 5.02 Å². The number of benzene rings is 2. The van der Waals surface area contributed by atoms with E-state index in [1.807, 2.05) is 42.5 Å². The molecule has 1 aliphatic rings. The Hall–Kier alpha value is -3.39. The Labute approximate surface area is 203 Å². The molecule has 0 radical (unpaired) electrons. The van der Waals surface area contributed by atoms with Crippen molar-refractivity contribution in [1.82, 2.24) is 15.0 Å². The summed E-state index contributed by atoms with van der Waals surface area (Å²) in [5.41, 5.74) is 2.69. The standard InChI is InChI=1S/C25H28ClN5O3/c1-16(20-10-6-7-11-21(20)26)34-25(33)28-23-22(29-30-31(23)2)17-12-14-19(15-13-17)27-24(32)18-8-4-3-5-9-18/h6-7,10-16,18H,3-5,8-9H2,1-2H3,(H,27,32)(H,28,33)/t16-/m0/s1. The predicted octanol–water partition coefficient (Wildman–Crippen LogP) is 5.96. The van der Waals surface area contributed by atoms with Crippen molar-refractivity contribution in [2.45, 2.75) is 45.1 Å². The molecule has 2 N–H and O–H groups in total. The Morgan fingerprint density at radius 2 is 1.76 bits per heavy atom. The Bertz CT molecular complexity index is 1160. The fourth-order valence-electron chi connectivity index (χ4n) is 4.17. The number of ether oxygens (including phenoxy) is 1. The first-order valence-corrected chi connectivity index (χ1v) is 11.8. The molecule has 1 aliphatic carbocycles. The second kappa shape index (κ2) is 10.7. The molecule has 4 rings (SSSR count). The molecule has 3 aromatic rings. The van der Waals surface area contributed by atoms with Gasteiger partial charge in [-0.1, -0.05) is 66.4 Å². The van der Waals surface area contributed by atoms with Gasteiger partial charge in [0.1, 0.15) is 11.8 Å². The van der Waals surface area contributed by atoms with Crippen LogP contribution in [0.1, 0.15) is 50.7 Å². The number of nitrogens with one attached hydrogen (secondary N) is 2. The summed E-state index contributed by atoms with van der Waals surface area (Å²) in [4.78, 5) is 25.1. The Balaban J connectivity index is 1.42. The van der Waals surface area contributed by atoms with Crippen LogP contribution in [0.3, 0.4) is 0 Å². The molecule has 0 aliphatic heterocycles. The third-order valence-corrected chi connectivity index (χ3v) is 6.42. The maximum absolute atomic E-state index is 12.6. The SMILES string of the molecule is C[C@H](OC(=O)Nc1c(-c2ccc(NC(=O)C3CCCCC3)cc2)nnn1C)c1ccccc1Cl. The Morgan fingerprint density at radius 3 is 2.47 bits per heavy atom. The molecule has 1 saturated carbocycles. The second-order valence-electron chi connectivity index (χ2n) is 8.51. The molecule has 9 heteroatoms. The molecule has 0 unspecified atom stereocenters. The van der Waals surface area contributed by atoms with E-state index in [0.717, 1.165) is 36.9 Å². The first-order valence-electron chi connectivity index (χ1n) is 11.5. The van der Waals surface area contributed by atoms with Crippen molar-refractivity contribution >= 4 is 35.1 Å². The number of carbonyl (C=O) groups is 2. The smallest absolute Gasteiger partial charge is 0.413 e. The van der Waals surface area contributed by atoms with Crippen molar-refractivity contribution in [2.75, 3.05) is 10.6 Å². The van der Waals surface area contributed by atoms with Gasteiger partial charge in [0.2, 0.25) is 5.91 Å². The van der Waals surface area contributed by atoms with Crippen LogP contribution < -0.4 is 10.6 Å². The van der Waals surface area contributed by atoms with Crippen molar-refractivity contribution < 1.29 is 14.3 Å². The number of carbonyl (C=O) groups excluding carboxylic acids is 2. The van der Waals surface area contributed by atoms with Gasteiger partial charge in [-0.25, -0.2) is 9.48 Å². The summed E-state index contributed by atoms with van der Waals surface area (Å²) >= 11 is 6.20. The Morgan fingerprint density at radius 1 is 1.06 bits per heavy atom. The lowest BCUT2D eigenvalue weighted by Crippen LogP contribution is -2.24. The molecule has 34 heavy (non-hydrogen) atoms. The number of aryl methyl sites for hydroxylation is 1. The molecule has 0 saturated heterocycles. The molecular formula is C25H28ClN5O3. The molecular weight excluding hydrogens is 454 g/mol. The lowest BCUT2D eigenvalue weighted by atomic mass is 9.88. The molecule has 0 bridgehead atoms. The Kier molecular flexibility index (Phi) is 7.47. The van der Waals surface area contributed by atoms with Gasteiger partial charge in [-0.2, -0.15) is 0 Å². The first-order chi connectivity index (χ1) is 16.4. The van der Waals surface area contributed by atoms with Gasteiger partial charge in [-0.3, -0.25) is 10.1 Å². The van der Waals surface area contributed by atoms with Crippen LogP contribution in [0.25, 0.3) is 11.3 Å². The van der Waals surface area contributed by atoms with E-state index in [4.69, 9.17) is 16.3 Å². The molecule has 0 spiro atoms. The number of aromatic nitrogens is 3. The van der Waals surface area contributed by atoms with Crippen LogP contribution in [0.5, 0.6) is 0 Å². The molecule has 1 heterocycles. The van der Waals surface area contributed by atoms with Crippen LogP contribution >= 0.6 is 11.6 Å². The van der Waals surface area contributed by atoms with Crippen molar-refractivity contribution in [3.63, 3.8) is 0 Å². The highest BCUT2D eigenvalue weighted by Gasteiger charge is 2.22. The first kappa shape index (κ1) is 23.8. The lowest BCUT2D eigenvalue weighted by Gasteiger charge is -2.20. The fraction of sp³-hybridized carbons (Fsp3) is 0.360. The summed E-state index contributed by atoms with van der Waals surface area (Å²) in [5.74, 6) is 0.559. The van der Waals surface area contributed by atoms with Gasteiger partial charge >= 0.3 is 6.09 Å². The monoisotopic (exact) mass is 481 g/mol. The normalized spacial score (nSPS) is 14.9.